The van der Waals surface area contributed by atoms with Crippen LogP contribution in [0.25, 0.3) is 1.43 Å². The second-order valence-corrected chi connectivity index (χ2v) is 3.09. The fourth-order valence-corrected chi connectivity index (χ4v) is 0.787. The second-order valence-electron chi connectivity index (χ2n) is 3.09. The van der Waals surface area contributed by atoms with Gasteiger partial charge in [0.25, 0.3) is 1.43 Å². The van der Waals surface area contributed by atoms with E-state index in [-0.39, 0.29) is 12.8 Å². The molecular formula is C8H14N2O5. The van der Waals surface area contributed by atoms with Gasteiger partial charge in [-0.25, -0.2) is 0 Å². The van der Waals surface area contributed by atoms with Crippen LogP contribution in [-0.2, 0) is 14.4 Å². The van der Waals surface area contributed by atoms with Crippen molar-refractivity contribution < 1.29 is 24.6 Å². The molecule has 0 aromatic rings. The average molecular weight is 219 g/mol. The van der Waals surface area contributed by atoms with E-state index in [0.717, 1.165) is 0 Å². The van der Waals surface area contributed by atoms with Crippen LogP contribution < -0.4 is 11.1 Å². The van der Waals surface area contributed by atoms with Crippen molar-refractivity contribution in [1.29, 1.82) is 1.43 Å². The molecule has 1 amide bonds. The number of carboxylic acid groups (broad SMARTS) is 2. The van der Waals surface area contributed by atoms with Crippen molar-refractivity contribution in [2.45, 2.75) is 31.8 Å². The number of carbonyl (C=O) groups excluding carboxylic acids is 1. The summed E-state index contributed by atoms with van der Waals surface area (Å²) in [5.74, 6) is -2.63. The highest BCUT2D eigenvalue weighted by Gasteiger charge is 2.19. The Balaban J connectivity index is 3.99. The van der Waals surface area contributed by atoms with Crippen molar-refractivity contribution in [3.8, 4) is 0 Å². The SMILES string of the molecule is [2H]OC(=O)CC[C@H](N)C(=O)N[C@@H](C)C(=O)O. The molecule has 0 rings (SSSR count). The van der Waals surface area contributed by atoms with Crippen molar-refractivity contribution in [2.75, 3.05) is 0 Å². The van der Waals surface area contributed by atoms with E-state index in [9.17, 15) is 14.4 Å². The van der Waals surface area contributed by atoms with Crippen molar-refractivity contribution in [3.05, 3.63) is 0 Å². The summed E-state index contributed by atoms with van der Waals surface area (Å²) >= 11 is 0. The van der Waals surface area contributed by atoms with E-state index in [2.05, 4.69) is 10.4 Å². The molecule has 7 heteroatoms. The summed E-state index contributed by atoms with van der Waals surface area (Å²) in [5, 5.41) is 14.3. The number of aliphatic carboxylic acids is 2. The third kappa shape index (κ3) is 5.63. The lowest BCUT2D eigenvalue weighted by Gasteiger charge is -2.13. The molecule has 2 atom stereocenters. The number of amides is 1. The Morgan fingerprint density at radius 2 is 2.13 bits per heavy atom. The van der Waals surface area contributed by atoms with E-state index >= 15 is 0 Å². The van der Waals surface area contributed by atoms with Crippen LogP contribution in [0.5, 0.6) is 0 Å². The summed E-state index contributed by atoms with van der Waals surface area (Å²) in [7, 11) is 0. The second kappa shape index (κ2) is 5.97. The normalized spacial score (nSPS) is 14.7. The van der Waals surface area contributed by atoms with Gasteiger partial charge < -0.3 is 21.3 Å². The van der Waals surface area contributed by atoms with Gasteiger partial charge in [0.05, 0.1) is 6.04 Å². The molecule has 0 saturated heterocycles. The zero-order chi connectivity index (χ0) is 12.7. The molecule has 0 aromatic carbocycles. The highest BCUT2D eigenvalue weighted by molar-refractivity contribution is 5.86. The Hall–Kier alpha value is -1.63. The van der Waals surface area contributed by atoms with Gasteiger partial charge in [-0.05, 0) is 13.3 Å². The molecule has 0 unspecified atom stereocenters. The molecule has 5 N–H and O–H groups in total. The number of carboxylic acids is 2. The Bertz CT molecular complexity index is 284. The first-order valence-electron chi connectivity index (χ1n) is 4.74. The van der Waals surface area contributed by atoms with Crippen molar-refractivity contribution in [2.24, 2.45) is 5.73 Å². The summed E-state index contributed by atoms with van der Waals surface area (Å²) in [4.78, 5) is 32.3. The summed E-state index contributed by atoms with van der Waals surface area (Å²) in [6.45, 7) is 1.30. The van der Waals surface area contributed by atoms with Crippen LogP contribution in [0.1, 0.15) is 19.8 Å². The van der Waals surface area contributed by atoms with Crippen molar-refractivity contribution in [1.82, 2.24) is 5.32 Å². The predicted octanol–water partition coefficient (Wildman–Crippen LogP) is -1.23. The molecule has 0 spiro atoms. The average Bonchev–Trinajstić information content (AvgIpc) is 2.24. The Kier molecular flexibility index (Phi) is 4.55. The molecule has 0 aliphatic carbocycles. The van der Waals surface area contributed by atoms with Crippen LogP contribution >= 0.6 is 0 Å². The lowest BCUT2D eigenvalue weighted by Crippen LogP contribution is -2.47. The molecule has 0 bridgehead atoms. The van der Waals surface area contributed by atoms with E-state index in [4.69, 9.17) is 12.3 Å². The van der Waals surface area contributed by atoms with Gasteiger partial charge in [0.1, 0.15) is 6.04 Å². The van der Waals surface area contributed by atoms with Crippen LogP contribution in [0.2, 0.25) is 0 Å². The van der Waals surface area contributed by atoms with E-state index in [1.54, 1.807) is 0 Å². The fraction of sp³-hybridized carbons (Fsp3) is 0.625. The van der Waals surface area contributed by atoms with Gasteiger partial charge in [-0.15, -0.1) is 0 Å². The molecule has 0 aromatic heterocycles. The third-order valence-electron chi connectivity index (χ3n) is 1.73. The van der Waals surface area contributed by atoms with Crippen LogP contribution in [-0.4, -0.2) is 40.1 Å². The Labute approximate surface area is 87.7 Å². The van der Waals surface area contributed by atoms with Gasteiger partial charge in [0, 0.05) is 6.42 Å². The molecule has 0 fully saturated rings. The molecule has 86 valence electrons. The first-order valence-corrected chi connectivity index (χ1v) is 4.33. The van der Waals surface area contributed by atoms with Crippen molar-refractivity contribution >= 4 is 17.8 Å². The number of hydrogen-bond acceptors (Lipinski definition) is 5. The highest BCUT2D eigenvalue weighted by atomic mass is 16.4. The number of nitrogens with one attached hydrogen (secondary N) is 1. The summed E-state index contributed by atoms with van der Waals surface area (Å²) in [5.41, 5.74) is 5.39. The summed E-state index contributed by atoms with van der Waals surface area (Å²) < 4.78 is 6.26. The molecule has 0 aliphatic rings. The first-order chi connectivity index (χ1) is 7.38. The van der Waals surface area contributed by atoms with Gasteiger partial charge in [-0.3, -0.25) is 14.4 Å². The number of rotatable bonds is 6. The van der Waals surface area contributed by atoms with E-state index in [1.165, 1.54) is 6.92 Å². The molecule has 0 aliphatic heterocycles. The Morgan fingerprint density at radius 1 is 1.53 bits per heavy atom. The predicted molar refractivity (Wildman–Crippen MR) is 50.1 cm³/mol. The third-order valence-corrected chi connectivity index (χ3v) is 1.73. The van der Waals surface area contributed by atoms with Gasteiger partial charge in [-0.1, -0.05) is 0 Å². The maximum atomic E-state index is 11.3. The number of nitrogens with two attached hydrogens (primary N) is 1. The van der Waals surface area contributed by atoms with E-state index in [1.807, 2.05) is 0 Å². The van der Waals surface area contributed by atoms with Crippen LogP contribution in [0.4, 0.5) is 0 Å². The standard InChI is InChI=1S/C8H14N2O5/c1-4(8(14)15)10-7(13)5(9)2-3-6(11)12/h4-5H,2-3,9H2,1H3,(H,10,13)(H,11,12)(H,14,15)/t4-,5-/m0/s1/i/hD. The minimum atomic E-state index is -1.17. The number of hydrogen-bond donors (Lipinski definition) is 4. The van der Waals surface area contributed by atoms with Crippen LogP contribution in [0, 0.1) is 0 Å². The molecule has 7 nitrogen and oxygen atoms in total. The summed E-state index contributed by atoms with van der Waals surface area (Å²) in [6, 6.07) is -2.04. The van der Waals surface area contributed by atoms with E-state index < -0.39 is 29.9 Å². The first kappa shape index (κ1) is 11.4. The molecular weight excluding hydrogens is 204 g/mol. The molecule has 0 saturated carbocycles. The highest BCUT2D eigenvalue weighted by Crippen LogP contribution is 1.95. The fourth-order valence-electron chi connectivity index (χ4n) is 0.787. The zero-order valence-corrected chi connectivity index (χ0v) is 8.23. The molecule has 0 heterocycles. The molecule has 15 heavy (non-hydrogen) atoms. The maximum absolute atomic E-state index is 11.3. The minimum Gasteiger partial charge on any atom is -0.481 e. The van der Waals surface area contributed by atoms with E-state index in [0.29, 0.717) is 0 Å². The quantitative estimate of drug-likeness (QED) is 0.442. The topological polar surface area (TPSA) is 130 Å². The minimum absolute atomic E-state index is 0.00408. The lowest BCUT2D eigenvalue weighted by atomic mass is 10.1. The summed E-state index contributed by atoms with van der Waals surface area (Å²) in [6.07, 6.45) is -0.171. The monoisotopic (exact) mass is 219 g/mol. The van der Waals surface area contributed by atoms with Crippen LogP contribution in [0.15, 0.2) is 0 Å². The largest absolute Gasteiger partial charge is 0.481 e. The molecule has 0 radical (unpaired) electrons. The lowest BCUT2D eigenvalue weighted by molar-refractivity contribution is -0.142. The van der Waals surface area contributed by atoms with Gasteiger partial charge in [0.2, 0.25) is 5.91 Å². The number of carbonyl (C=O) groups is 3. The van der Waals surface area contributed by atoms with Gasteiger partial charge in [-0.2, -0.15) is 0 Å². The maximum Gasteiger partial charge on any atom is 0.325 e. The van der Waals surface area contributed by atoms with Gasteiger partial charge in [0.15, 0.2) is 0 Å². The Morgan fingerprint density at radius 3 is 2.60 bits per heavy atom. The van der Waals surface area contributed by atoms with Gasteiger partial charge >= 0.3 is 11.9 Å². The van der Waals surface area contributed by atoms with Crippen LogP contribution in [0.3, 0.4) is 0 Å². The zero-order valence-electron chi connectivity index (χ0n) is 9.23. The smallest absolute Gasteiger partial charge is 0.325 e. The van der Waals surface area contributed by atoms with Crippen molar-refractivity contribution in [3.63, 3.8) is 0 Å².